The maximum Gasteiger partial charge on any atom is 0.212 e. The standard InChI is InChI=1S/C13H15NO3S/c1-11-7-9-14(8-4-10-18(15,16)17)13-6-3-2-5-12(11)13/h2-3,5-7,9H,4,8,10H2,1H3. The first-order valence-electron chi connectivity index (χ1n) is 5.79. The molecule has 0 radical (unpaired) electrons. The van der Waals surface area contributed by atoms with Crippen LogP contribution in [0.3, 0.4) is 0 Å². The van der Waals surface area contributed by atoms with Crippen molar-refractivity contribution in [2.45, 2.75) is 19.9 Å². The van der Waals surface area contributed by atoms with Crippen LogP contribution in [0.5, 0.6) is 0 Å². The molecule has 1 aromatic carbocycles. The third kappa shape index (κ3) is 3.05. The van der Waals surface area contributed by atoms with Crippen LogP contribution in [-0.2, 0) is 16.7 Å². The molecule has 0 aliphatic rings. The smallest absolute Gasteiger partial charge is 0.212 e. The van der Waals surface area contributed by atoms with E-state index in [1.807, 2.05) is 48.0 Å². The summed E-state index contributed by atoms with van der Waals surface area (Å²) in [4.78, 5) is 0. The molecule has 0 amide bonds. The van der Waals surface area contributed by atoms with Crippen molar-refractivity contribution in [3.05, 3.63) is 42.1 Å². The minimum absolute atomic E-state index is 0.317. The second-order valence-electron chi connectivity index (χ2n) is 4.32. The molecule has 1 aromatic heterocycles. The van der Waals surface area contributed by atoms with E-state index in [1.54, 1.807) is 0 Å². The van der Waals surface area contributed by atoms with E-state index in [9.17, 15) is 13.0 Å². The van der Waals surface area contributed by atoms with Gasteiger partial charge in [-0.1, -0.05) is 12.1 Å². The maximum atomic E-state index is 10.6. The Balaban J connectivity index is 2.26. The zero-order valence-corrected chi connectivity index (χ0v) is 11.0. The fraction of sp³-hybridized carbons (Fsp3) is 0.308. The zero-order valence-electron chi connectivity index (χ0n) is 10.2. The highest BCUT2D eigenvalue weighted by Crippen LogP contribution is 2.13. The first-order chi connectivity index (χ1) is 8.47. The van der Waals surface area contributed by atoms with Crippen molar-refractivity contribution < 1.29 is 17.5 Å². The Hall–Kier alpha value is -1.46. The van der Waals surface area contributed by atoms with Crippen LogP contribution < -0.4 is 4.57 Å². The summed E-state index contributed by atoms with van der Waals surface area (Å²) in [6.45, 7) is 2.57. The Bertz CT molecular complexity index is 665. The van der Waals surface area contributed by atoms with E-state index in [1.165, 1.54) is 5.56 Å². The average molecular weight is 265 g/mol. The van der Waals surface area contributed by atoms with Gasteiger partial charge in [0.15, 0.2) is 6.20 Å². The molecule has 2 rings (SSSR count). The fourth-order valence-electron chi connectivity index (χ4n) is 2.04. The van der Waals surface area contributed by atoms with Gasteiger partial charge in [-0.25, -0.2) is 8.42 Å². The number of rotatable bonds is 4. The zero-order chi connectivity index (χ0) is 13.2. The van der Waals surface area contributed by atoms with Gasteiger partial charge in [-0.15, -0.1) is 0 Å². The normalized spacial score (nSPS) is 11.9. The number of hydrogen-bond donors (Lipinski definition) is 0. The molecule has 0 atom stereocenters. The second kappa shape index (κ2) is 5.04. The number of benzene rings is 1. The van der Waals surface area contributed by atoms with Crippen LogP contribution in [0.4, 0.5) is 0 Å². The number of pyridine rings is 1. The highest BCUT2D eigenvalue weighted by Gasteiger charge is 2.10. The van der Waals surface area contributed by atoms with Crippen LogP contribution in [0.25, 0.3) is 10.9 Å². The van der Waals surface area contributed by atoms with Gasteiger partial charge in [-0.05, 0) is 18.6 Å². The molecule has 1 heterocycles. The van der Waals surface area contributed by atoms with Crippen LogP contribution in [-0.4, -0.2) is 18.7 Å². The molecule has 0 saturated heterocycles. The molecular formula is C13H15NO3S. The molecule has 0 fully saturated rings. The van der Waals surface area contributed by atoms with E-state index < -0.39 is 10.1 Å². The molecule has 0 bridgehead atoms. The van der Waals surface area contributed by atoms with E-state index in [0.717, 1.165) is 10.9 Å². The molecule has 96 valence electrons. The largest absolute Gasteiger partial charge is 0.748 e. The van der Waals surface area contributed by atoms with Crippen molar-refractivity contribution in [2.75, 3.05) is 5.75 Å². The average Bonchev–Trinajstić information content (AvgIpc) is 2.31. The first-order valence-corrected chi connectivity index (χ1v) is 7.36. The third-order valence-corrected chi connectivity index (χ3v) is 3.72. The van der Waals surface area contributed by atoms with Crippen molar-refractivity contribution in [3.63, 3.8) is 0 Å². The molecule has 0 saturated carbocycles. The molecule has 0 unspecified atom stereocenters. The van der Waals surface area contributed by atoms with Crippen molar-refractivity contribution in [1.82, 2.24) is 0 Å². The summed E-state index contributed by atoms with van der Waals surface area (Å²) in [5.41, 5.74) is 2.24. The third-order valence-electron chi connectivity index (χ3n) is 2.94. The lowest BCUT2D eigenvalue weighted by Crippen LogP contribution is -2.35. The molecule has 2 aromatic rings. The van der Waals surface area contributed by atoms with Gasteiger partial charge in [0.25, 0.3) is 0 Å². The SMILES string of the molecule is Cc1cc[n+](CCCS(=O)(=O)[O-])c2ccccc12. The monoisotopic (exact) mass is 265 g/mol. The highest BCUT2D eigenvalue weighted by molar-refractivity contribution is 7.85. The van der Waals surface area contributed by atoms with E-state index in [-0.39, 0.29) is 5.75 Å². The van der Waals surface area contributed by atoms with Crippen LogP contribution in [0.1, 0.15) is 12.0 Å². The lowest BCUT2D eigenvalue weighted by atomic mass is 10.1. The van der Waals surface area contributed by atoms with Crippen molar-refractivity contribution in [3.8, 4) is 0 Å². The van der Waals surface area contributed by atoms with Gasteiger partial charge in [0.1, 0.15) is 6.54 Å². The van der Waals surface area contributed by atoms with Gasteiger partial charge >= 0.3 is 0 Å². The molecule has 5 heteroatoms. The van der Waals surface area contributed by atoms with Crippen LogP contribution in [0.2, 0.25) is 0 Å². The van der Waals surface area contributed by atoms with E-state index in [2.05, 4.69) is 0 Å². The van der Waals surface area contributed by atoms with Crippen molar-refractivity contribution in [2.24, 2.45) is 0 Å². The van der Waals surface area contributed by atoms with E-state index >= 15 is 0 Å². The first kappa shape index (κ1) is 13.0. The molecule has 0 spiro atoms. The minimum atomic E-state index is -4.12. The molecule has 0 N–H and O–H groups in total. The number of aryl methyl sites for hydroxylation is 2. The molecular weight excluding hydrogens is 250 g/mol. The number of hydrogen-bond acceptors (Lipinski definition) is 3. The lowest BCUT2D eigenvalue weighted by Gasteiger charge is -2.06. The molecule has 0 aliphatic carbocycles. The molecule has 4 nitrogen and oxygen atoms in total. The summed E-state index contributed by atoms with van der Waals surface area (Å²) in [6, 6.07) is 9.94. The van der Waals surface area contributed by atoms with E-state index in [0.29, 0.717) is 13.0 Å². The summed E-state index contributed by atoms with van der Waals surface area (Å²) in [7, 11) is -4.12. The number of para-hydroxylation sites is 1. The van der Waals surface area contributed by atoms with Crippen molar-refractivity contribution in [1.29, 1.82) is 0 Å². The Morgan fingerprint density at radius 2 is 1.94 bits per heavy atom. The van der Waals surface area contributed by atoms with Crippen LogP contribution in [0.15, 0.2) is 36.5 Å². The Labute approximate surface area is 107 Å². The minimum Gasteiger partial charge on any atom is -0.748 e. The van der Waals surface area contributed by atoms with Crippen LogP contribution in [0, 0.1) is 6.92 Å². The van der Waals surface area contributed by atoms with Gasteiger partial charge in [-0.3, -0.25) is 0 Å². The Morgan fingerprint density at radius 3 is 2.67 bits per heavy atom. The summed E-state index contributed by atoms with van der Waals surface area (Å²) in [5, 5.41) is 1.14. The van der Waals surface area contributed by atoms with Crippen LogP contribution >= 0.6 is 0 Å². The maximum absolute atomic E-state index is 10.6. The second-order valence-corrected chi connectivity index (χ2v) is 5.85. The predicted molar refractivity (Wildman–Crippen MR) is 68.1 cm³/mol. The topological polar surface area (TPSA) is 61.1 Å². The van der Waals surface area contributed by atoms with Gasteiger partial charge in [-0.2, -0.15) is 4.57 Å². The summed E-state index contributed by atoms with van der Waals surface area (Å²) < 4.78 is 33.7. The van der Waals surface area contributed by atoms with E-state index in [4.69, 9.17) is 0 Å². The number of fused-ring (bicyclic) bond motifs is 1. The Morgan fingerprint density at radius 1 is 1.22 bits per heavy atom. The summed E-state index contributed by atoms with van der Waals surface area (Å²) in [5.74, 6) is -0.317. The lowest BCUT2D eigenvalue weighted by molar-refractivity contribution is -0.671. The number of nitrogens with zero attached hydrogens (tertiary/aromatic N) is 1. The molecule has 0 aliphatic heterocycles. The van der Waals surface area contributed by atoms with Crippen molar-refractivity contribution >= 4 is 21.0 Å². The fourth-order valence-corrected chi connectivity index (χ4v) is 2.52. The predicted octanol–water partition coefficient (Wildman–Crippen LogP) is 1.37. The quantitative estimate of drug-likeness (QED) is 0.619. The number of aromatic nitrogens is 1. The van der Waals surface area contributed by atoms with Gasteiger partial charge < -0.3 is 4.55 Å². The summed E-state index contributed by atoms with van der Waals surface area (Å²) in [6.07, 6.45) is 2.26. The van der Waals surface area contributed by atoms with Gasteiger partial charge in [0.05, 0.1) is 10.1 Å². The molecule has 18 heavy (non-hydrogen) atoms. The highest BCUT2D eigenvalue weighted by atomic mass is 32.2. The Kier molecular flexibility index (Phi) is 3.63. The summed E-state index contributed by atoms with van der Waals surface area (Å²) >= 11 is 0. The van der Waals surface area contributed by atoms with Gasteiger partial charge in [0.2, 0.25) is 5.52 Å². The van der Waals surface area contributed by atoms with Gasteiger partial charge in [0, 0.05) is 29.7 Å².